The highest BCUT2D eigenvalue weighted by atomic mass is 35.5. The fraction of sp³-hybridized carbons (Fsp3) is 0.812. The first-order valence-electron chi connectivity index (χ1n) is 8.11. The Balaban J connectivity index is 2.46. The molecule has 0 aliphatic rings. The summed E-state index contributed by atoms with van der Waals surface area (Å²) < 4.78 is 2.03. The molecule has 3 nitrogen and oxygen atoms in total. The summed E-state index contributed by atoms with van der Waals surface area (Å²) in [5.41, 5.74) is 2.15. The standard InChI is InChI=1S/C16H30ClN3/c1-5-8-9-10-11-13(4)18-12-15-16(17)14(6-2)19-20(15)7-3/h13,18H,5-12H2,1-4H3. The number of unbranched alkanes of at least 4 members (excludes halogenated alkanes) is 3. The molecule has 0 amide bonds. The van der Waals surface area contributed by atoms with Crippen LogP contribution in [-0.2, 0) is 19.5 Å². The molecule has 0 aliphatic carbocycles. The fourth-order valence-corrected chi connectivity index (χ4v) is 2.77. The minimum absolute atomic E-state index is 0.535. The molecule has 0 fully saturated rings. The number of aromatic nitrogens is 2. The Bertz CT molecular complexity index is 387. The molecule has 0 spiro atoms. The van der Waals surface area contributed by atoms with Crippen LogP contribution in [0, 0.1) is 0 Å². The van der Waals surface area contributed by atoms with Crippen LogP contribution in [-0.4, -0.2) is 15.8 Å². The van der Waals surface area contributed by atoms with Gasteiger partial charge in [0.2, 0.25) is 0 Å². The lowest BCUT2D eigenvalue weighted by atomic mass is 10.1. The normalized spacial score (nSPS) is 12.8. The molecule has 1 aromatic heterocycles. The number of nitrogens with one attached hydrogen (secondary N) is 1. The average molecular weight is 300 g/mol. The van der Waals surface area contributed by atoms with Crippen molar-refractivity contribution in [2.45, 2.75) is 85.4 Å². The topological polar surface area (TPSA) is 29.9 Å². The zero-order valence-corrected chi connectivity index (χ0v) is 14.3. The number of hydrogen-bond acceptors (Lipinski definition) is 2. The molecule has 116 valence electrons. The minimum Gasteiger partial charge on any atom is -0.309 e. The van der Waals surface area contributed by atoms with Crippen LogP contribution in [0.15, 0.2) is 0 Å². The third-order valence-corrected chi connectivity index (χ3v) is 4.24. The molecular weight excluding hydrogens is 270 g/mol. The van der Waals surface area contributed by atoms with Crippen molar-refractivity contribution in [1.29, 1.82) is 0 Å². The van der Waals surface area contributed by atoms with Gasteiger partial charge in [-0.05, 0) is 26.7 Å². The average Bonchev–Trinajstić information content (AvgIpc) is 2.77. The molecule has 1 N–H and O–H groups in total. The van der Waals surface area contributed by atoms with Crippen LogP contribution < -0.4 is 5.32 Å². The largest absolute Gasteiger partial charge is 0.309 e. The highest BCUT2D eigenvalue weighted by Gasteiger charge is 2.14. The van der Waals surface area contributed by atoms with Gasteiger partial charge in [0.25, 0.3) is 0 Å². The van der Waals surface area contributed by atoms with Crippen LogP contribution >= 0.6 is 11.6 Å². The highest BCUT2D eigenvalue weighted by molar-refractivity contribution is 6.31. The summed E-state index contributed by atoms with van der Waals surface area (Å²) in [5.74, 6) is 0. The van der Waals surface area contributed by atoms with E-state index in [1.807, 2.05) is 4.68 Å². The van der Waals surface area contributed by atoms with Gasteiger partial charge in [0, 0.05) is 19.1 Å². The lowest BCUT2D eigenvalue weighted by Gasteiger charge is -2.14. The Hall–Kier alpha value is -0.540. The third-order valence-electron chi connectivity index (χ3n) is 3.80. The smallest absolute Gasteiger partial charge is 0.0863 e. The van der Waals surface area contributed by atoms with Gasteiger partial charge >= 0.3 is 0 Å². The Labute approximate surface area is 129 Å². The molecule has 4 heteroatoms. The summed E-state index contributed by atoms with van der Waals surface area (Å²) in [6.45, 7) is 10.4. The first-order valence-corrected chi connectivity index (χ1v) is 8.49. The summed E-state index contributed by atoms with van der Waals surface area (Å²) in [7, 11) is 0. The van der Waals surface area contributed by atoms with Gasteiger partial charge in [-0.15, -0.1) is 0 Å². The first kappa shape index (κ1) is 17.5. The molecule has 0 aliphatic heterocycles. The number of rotatable bonds is 10. The number of aryl methyl sites for hydroxylation is 2. The number of halogens is 1. The summed E-state index contributed by atoms with van der Waals surface area (Å²) in [6.07, 6.45) is 7.43. The monoisotopic (exact) mass is 299 g/mol. The van der Waals surface area contributed by atoms with E-state index >= 15 is 0 Å². The molecule has 1 rings (SSSR count). The van der Waals surface area contributed by atoms with E-state index in [9.17, 15) is 0 Å². The fourth-order valence-electron chi connectivity index (χ4n) is 2.44. The SMILES string of the molecule is CCCCCCC(C)NCc1c(Cl)c(CC)nn1CC. The van der Waals surface area contributed by atoms with E-state index < -0.39 is 0 Å². The number of hydrogen-bond donors (Lipinski definition) is 1. The summed E-state index contributed by atoms with van der Waals surface area (Å²) in [5, 5.41) is 8.99. The van der Waals surface area contributed by atoms with Gasteiger partial charge in [-0.2, -0.15) is 5.10 Å². The van der Waals surface area contributed by atoms with Gasteiger partial charge in [0.05, 0.1) is 16.4 Å². The van der Waals surface area contributed by atoms with Crippen molar-refractivity contribution in [1.82, 2.24) is 15.1 Å². The first-order chi connectivity index (χ1) is 9.63. The number of nitrogens with zero attached hydrogens (tertiary/aromatic N) is 2. The quantitative estimate of drug-likeness (QED) is 0.642. The second-order valence-corrected chi connectivity index (χ2v) is 5.89. The molecule has 0 saturated carbocycles. The lowest BCUT2D eigenvalue weighted by molar-refractivity contribution is 0.468. The second-order valence-electron chi connectivity index (χ2n) is 5.51. The van der Waals surface area contributed by atoms with Crippen LogP contribution in [0.1, 0.15) is 71.2 Å². The van der Waals surface area contributed by atoms with Crippen LogP contribution in [0.5, 0.6) is 0 Å². The van der Waals surface area contributed by atoms with Gasteiger partial charge in [0.1, 0.15) is 0 Å². The van der Waals surface area contributed by atoms with E-state index in [0.717, 1.165) is 35.9 Å². The Morgan fingerprint density at radius 3 is 2.55 bits per heavy atom. The van der Waals surface area contributed by atoms with Crippen molar-refractivity contribution in [3.05, 3.63) is 16.4 Å². The van der Waals surface area contributed by atoms with E-state index in [2.05, 4.69) is 38.1 Å². The summed E-state index contributed by atoms with van der Waals surface area (Å²) in [4.78, 5) is 0. The predicted molar refractivity (Wildman–Crippen MR) is 87.3 cm³/mol. The molecule has 0 aromatic carbocycles. The molecule has 20 heavy (non-hydrogen) atoms. The molecule has 1 heterocycles. The van der Waals surface area contributed by atoms with Crippen molar-refractivity contribution >= 4 is 11.6 Å². The maximum Gasteiger partial charge on any atom is 0.0863 e. The Morgan fingerprint density at radius 1 is 1.20 bits per heavy atom. The highest BCUT2D eigenvalue weighted by Crippen LogP contribution is 2.21. The molecular formula is C16H30ClN3. The maximum atomic E-state index is 6.41. The molecule has 1 atom stereocenters. The van der Waals surface area contributed by atoms with Crippen molar-refractivity contribution < 1.29 is 0 Å². The molecule has 1 unspecified atom stereocenters. The van der Waals surface area contributed by atoms with Gasteiger partial charge in [-0.25, -0.2) is 0 Å². The van der Waals surface area contributed by atoms with E-state index in [4.69, 9.17) is 11.6 Å². The van der Waals surface area contributed by atoms with E-state index in [-0.39, 0.29) is 0 Å². The van der Waals surface area contributed by atoms with E-state index in [1.54, 1.807) is 0 Å². The van der Waals surface area contributed by atoms with E-state index in [1.165, 1.54) is 32.1 Å². The minimum atomic E-state index is 0.535. The van der Waals surface area contributed by atoms with Gasteiger partial charge in [-0.1, -0.05) is 51.1 Å². The molecule has 0 bridgehead atoms. The predicted octanol–water partition coefficient (Wildman–Crippen LogP) is 4.57. The van der Waals surface area contributed by atoms with Crippen molar-refractivity contribution in [2.75, 3.05) is 0 Å². The van der Waals surface area contributed by atoms with Gasteiger partial charge in [-0.3, -0.25) is 4.68 Å². The van der Waals surface area contributed by atoms with Gasteiger partial charge in [0.15, 0.2) is 0 Å². The molecule has 1 aromatic rings. The maximum absolute atomic E-state index is 6.41. The van der Waals surface area contributed by atoms with Crippen molar-refractivity contribution in [3.8, 4) is 0 Å². The Morgan fingerprint density at radius 2 is 1.95 bits per heavy atom. The molecule has 0 radical (unpaired) electrons. The zero-order chi connectivity index (χ0) is 15.0. The van der Waals surface area contributed by atoms with Crippen LogP contribution in [0.4, 0.5) is 0 Å². The second kappa shape index (κ2) is 9.41. The summed E-state index contributed by atoms with van der Waals surface area (Å²) in [6, 6.07) is 0.535. The van der Waals surface area contributed by atoms with Crippen LogP contribution in [0.3, 0.4) is 0 Å². The van der Waals surface area contributed by atoms with Crippen LogP contribution in [0.2, 0.25) is 5.02 Å². The van der Waals surface area contributed by atoms with Crippen molar-refractivity contribution in [3.63, 3.8) is 0 Å². The van der Waals surface area contributed by atoms with E-state index in [0.29, 0.717) is 6.04 Å². The van der Waals surface area contributed by atoms with Crippen LogP contribution in [0.25, 0.3) is 0 Å². The van der Waals surface area contributed by atoms with Gasteiger partial charge < -0.3 is 5.32 Å². The Kier molecular flexibility index (Phi) is 8.24. The zero-order valence-electron chi connectivity index (χ0n) is 13.5. The molecule has 0 saturated heterocycles. The lowest BCUT2D eigenvalue weighted by Crippen LogP contribution is -2.26. The third kappa shape index (κ3) is 5.10. The van der Waals surface area contributed by atoms with Crippen molar-refractivity contribution in [2.24, 2.45) is 0 Å². The summed E-state index contributed by atoms with van der Waals surface area (Å²) >= 11 is 6.41.